The summed E-state index contributed by atoms with van der Waals surface area (Å²) in [5.74, 6) is 0. The van der Waals surface area contributed by atoms with Gasteiger partial charge in [0.05, 0.1) is 5.25 Å². The van der Waals surface area contributed by atoms with Gasteiger partial charge in [0.1, 0.15) is 0 Å². The second-order valence-corrected chi connectivity index (χ2v) is 9.62. The number of anilines is 1. The molecule has 0 fully saturated rings. The fourth-order valence-electron chi connectivity index (χ4n) is 2.32. The van der Waals surface area contributed by atoms with Crippen LogP contribution in [0.15, 0.2) is 24.3 Å². The maximum Gasteiger partial charge on any atom is 0.216 e. The van der Waals surface area contributed by atoms with E-state index in [1.807, 2.05) is 7.05 Å². The highest BCUT2D eigenvalue weighted by molar-refractivity contribution is 7.89. The molecule has 0 aliphatic rings. The highest BCUT2D eigenvalue weighted by Crippen LogP contribution is 2.16. The molecule has 0 bridgehead atoms. The van der Waals surface area contributed by atoms with Gasteiger partial charge in [0.2, 0.25) is 10.0 Å². The van der Waals surface area contributed by atoms with E-state index in [-0.39, 0.29) is 5.25 Å². The Bertz CT molecular complexity index is 597. The largest absolute Gasteiger partial charge is 0.372 e. The predicted octanol–water partition coefficient (Wildman–Crippen LogP) is 2.63. The molecule has 0 heterocycles. The lowest BCUT2D eigenvalue weighted by Crippen LogP contribution is -2.38. The standard InChI is InChI=1S/C18H33N3O2S/c1-15(2)21(7)18-10-8-17(9-11-18)14-19(5)12-13-20(6)24(22,23)16(3)4/h8-11,15-16H,12-14H2,1-7H3. The number of hydrogen-bond acceptors (Lipinski definition) is 4. The van der Waals surface area contributed by atoms with Crippen LogP contribution in [0.5, 0.6) is 0 Å². The lowest BCUT2D eigenvalue weighted by Gasteiger charge is -2.25. The summed E-state index contributed by atoms with van der Waals surface area (Å²) >= 11 is 0. The Morgan fingerprint density at radius 3 is 1.92 bits per heavy atom. The lowest BCUT2D eigenvalue weighted by atomic mass is 10.1. The second-order valence-electron chi connectivity index (χ2n) is 7.02. The van der Waals surface area contributed by atoms with Gasteiger partial charge in [0.15, 0.2) is 0 Å². The minimum atomic E-state index is -3.17. The van der Waals surface area contributed by atoms with Crippen molar-refractivity contribution in [2.24, 2.45) is 0 Å². The number of nitrogens with zero attached hydrogens (tertiary/aromatic N) is 3. The third kappa shape index (κ3) is 5.76. The summed E-state index contributed by atoms with van der Waals surface area (Å²) in [5.41, 5.74) is 2.44. The summed E-state index contributed by atoms with van der Waals surface area (Å²) in [6, 6.07) is 9.02. The van der Waals surface area contributed by atoms with Crippen molar-refractivity contribution in [2.75, 3.05) is 39.1 Å². The first-order valence-corrected chi connectivity index (χ1v) is 10.0. The highest BCUT2D eigenvalue weighted by Gasteiger charge is 2.21. The van der Waals surface area contributed by atoms with Crippen LogP contribution in [0.3, 0.4) is 0 Å². The van der Waals surface area contributed by atoms with Gasteiger partial charge >= 0.3 is 0 Å². The monoisotopic (exact) mass is 355 g/mol. The average molecular weight is 356 g/mol. The van der Waals surface area contributed by atoms with Gasteiger partial charge < -0.3 is 9.80 Å². The molecule has 5 nitrogen and oxygen atoms in total. The van der Waals surface area contributed by atoms with Crippen LogP contribution >= 0.6 is 0 Å². The van der Waals surface area contributed by atoms with Gasteiger partial charge in [-0.25, -0.2) is 12.7 Å². The summed E-state index contributed by atoms with van der Waals surface area (Å²) in [4.78, 5) is 4.38. The van der Waals surface area contributed by atoms with Crippen LogP contribution in [0.1, 0.15) is 33.3 Å². The van der Waals surface area contributed by atoms with Gasteiger partial charge in [0.25, 0.3) is 0 Å². The van der Waals surface area contributed by atoms with E-state index < -0.39 is 10.0 Å². The van der Waals surface area contributed by atoms with Gasteiger partial charge in [-0.15, -0.1) is 0 Å². The first kappa shape index (κ1) is 20.9. The summed E-state index contributed by atoms with van der Waals surface area (Å²) in [7, 11) is 2.60. The SMILES string of the molecule is CC(C)N(C)c1ccc(CN(C)CCN(C)S(=O)(=O)C(C)C)cc1. The minimum Gasteiger partial charge on any atom is -0.372 e. The van der Waals surface area contributed by atoms with E-state index in [4.69, 9.17) is 0 Å². The van der Waals surface area contributed by atoms with Gasteiger partial charge in [0, 0.05) is 45.5 Å². The van der Waals surface area contributed by atoms with Crippen LogP contribution in [0, 0.1) is 0 Å². The maximum atomic E-state index is 12.1. The van der Waals surface area contributed by atoms with Gasteiger partial charge in [-0.1, -0.05) is 12.1 Å². The number of hydrogen-bond donors (Lipinski definition) is 0. The quantitative estimate of drug-likeness (QED) is 0.683. The fraction of sp³-hybridized carbons (Fsp3) is 0.667. The summed E-state index contributed by atoms with van der Waals surface area (Å²) in [5, 5.41) is -0.377. The summed E-state index contributed by atoms with van der Waals surface area (Å²) in [6.07, 6.45) is 0. The van der Waals surface area contributed by atoms with E-state index in [9.17, 15) is 8.42 Å². The third-order valence-corrected chi connectivity index (χ3v) is 6.64. The first-order valence-electron chi connectivity index (χ1n) is 8.51. The molecule has 0 spiro atoms. The van der Waals surface area contributed by atoms with Crippen molar-refractivity contribution in [3.8, 4) is 0 Å². The van der Waals surface area contributed by atoms with E-state index >= 15 is 0 Å². The fourth-order valence-corrected chi connectivity index (χ4v) is 3.38. The molecule has 24 heavy (non-hydrogen) atoms. The van der Waals surface area contributed by atoms with Crippen molar-refractivity contribution in [2.45, 2.75) is 45.5 Å². The van der Waals surface area contributed by atoms with E-state index in [1.165, 1.54) is 15.6 Å². The van der Waals surface area contributed by atoms with E-state index in [0.717, 1.165) is 6.54 Å². The summed E-state index contributed by atoms with van der Waals surface area (Å²) in [6.45, 7) is 9.78. The number of benzene rings is 1. The molecule has 0 aromatic heterocycles. The van der Waals surface area contributed by atoms with E-state index in [0.29, 0.717) is 19.1 Å². The molecular weight excluding hydrogens is 322 g/mol. The molecule has 0 aliphatic carbocycles. The predicted molar refractivity (Wildman–Crippen MR) is 103 cm³/mol. The Morgan fingerprint density at radius 1 is 0.917 bits per heavy atom. The molecule has 0 saturated carbocycles. The molecule has 6 heteroatoms. The van der Waals surface area contributed by atoms with Crippen LogP contribution in [-0.2, 0) is 16.6 Å². The lowest BCUT2D eigenvalue weighted by molar-refractivity contribution is 0.300. The molecule has 0 unspecified atom stereocenters. The van der Waals surface area contributed by atoms with Gasteiger partial charge in [-0.05, 0) is 52.4 Å². The Kier molecular flexibility index (Phi) is 7.70. The van der Waals surface area contributed by atoms with Crippen molar-refractivity contribution < 1.29 is 8.42 Å². The van der Waals surface area contributed by atoms with Crippen molar-refractivity contribution >= 4 is 15.7 Å². The Balaban J connectivity index is 2.55. The summed E-state index contributed by atoms with van der Waals surface area (Å²) < 4.78 is 25.6. The van der Waals surface area contributed by atoms with Gasteiger partial charge in [-0.3, -0.25) is 0 Å². The molecule has 0 saturated heterocycles. The Morgan fingerprint density at radius 2 is 1.46 bits per heavy atom. The van der Waals surface area contributed by atoms with Crippen molar-refractivity contribution in [3.05, 3.63) is 29.8 Å². The molecule has 0 aliphatic heterocycles. The van der Waals surface area contributed by atoms with Gasteiger partial charge in [-0.2, -0.15) is 0 Å². The van der Waals surface area contributed by atoms with Crippen LogP contribution in [0.2, 0.25) is 0 Å². The molecule has 0 radical (unpaired) electrons. The van der Waals surface area contributed by atoms with Crippen LogP contribution in [0.25, 0.3) is 0 Å². The molecule has 1 aromatic rings. The van der Waals surface area contributed by atoms with Crippen molar-refractivity contribution in [1.82, 2.24) is 9.21 Å². The van der Waals surface area contributed by atoms with Crippen LogP contribution < -0.4 is 4.90 Å². The topological polar surface area (TPSA) is 43.9 Å². The first-order chi connectivity index (χ1) is 11.1. The normalized spacial score (nSPS) is 12.6. The molecule has 0 amide bonds. The molecule has 0 atom stereocenters. The number of sulfonamides is 1. The van der Waals surface area contributed by atoms with E-state index in [2.05, 4.69) is 55.0 Å². The Hall–Kier alpha value is -1.11. The zero-order valence-electron chi connectivity index (χ0n) is 16.2. The number of likely N-dealkylation sites (N-methyl/N-ethyl adjacent to an activating group) is 2. The maximum absolute atomic E-state index is 12.1. The third-order valence-electron chi connectivity index (χ3n) is 4.40. The molecule has 1 aromatic carbocycles. The van der Waals surface area contributed by atoms with Crippen LogP contribution in [0.4, 0.5) is 5.69 Å². The zero-order chi connectivity index (χ0) is 18.5. The van der Waals surface area contributed by atoms with Crippen LogP contribution in [-0.4, -0.2) is 63.1 Å². The van der Waals surface area contributed by atoms with E-state index in [1.54, 1.807) is 20.9 Å². The molecule has 0 N–H and O–H groups in total. The van der Waals surface area contributed by atoms with Crippen molar-refractivity contribution in [3.63, 3.8) is 0 Å². The van der Waals surface area contributed by atoms with Crippen molar-refractivity contribution in [1.29, 1.82) is 0 Å². The average Bonchev–Trinajstić information content (AvgIpc) is 2.52. The zero-order valence-corrected chi connectivity index (χ0v) is 17.0. The molecule has 138 valence electrons. The smallest absolute Gasteiger partial charge is 0.216 e. The highest BCUT2D eigenvalue weighted by atomic mass is 32.2. The second kappa shape index (κ2) is 8.83. The minimum absolute atomic E-state index is 0.377. The number of rotatable bonds is 9. The molecular formula is C18H33N3O2S. The Labute approximate surface area is 148 Å². The molecule has 1 rings (SSSR count).